The molecule has 2 nitrogen and oxygen atoms in total. The van der Waals surface area contributed by atoms with Crippen LogP contribution in [0.1, 0.15) is 23.6 Å². The van der Waals surface area contributed by atoms with E-state index in [2.05, 4.69) is 5.48 Å². The molecule has 1 aromatic rings. The van der Waals surface area contributed by atoms with Gasteiger partial charge in [0.2, 0.25) is 0 Å². The molecule has 0 spiro atoms. The van der Waals surface area contributed by atoms with Crippen molar-refractivity contribution in [3.63, 3.8) is 0 Å². The maximum absolute atomic E-state index is 13.4. The van der Waals surface area contributed by atoms with Gasteiger partial charge in [0.1, 0.15) is 5.82 Å². The van der Waals surface area contributed by atoms with Crippen LogP contribution in [0.15, 0.2) is 18.2 Å². The number of nitrogens with one attached hydrogen (secondary N) is 1. The van der Waals surface area contributed by atoms with Gasteiger partial charge in [-0.1, -0.05) is 12.1 Å². The predicted molar refractivity (Wildman–Crippen MR) is 47.6 cm³/mol. The van der Waals surface area contributed by atoms with Crippen LogP contribution in [0.2, 0.25) is 0 Å². The highest BCUT2D eigenvalue weighted by molar-refractivity contribution is 5.26. The zero-order valence-corrected chi connectivity index (χ0v) is 7.51. The van der Waals surface area contributed by atoms with Crippen LogP contribution in [0, 0.1) is 12.7 Å². The summed E-state index contributed by atoms with van der Waals surface area (Å²) < 4.78 is 13.4. The molecule has 1 N–H and O–H groups in total. The lowest BCUT2D eigenvalue weighted by Crippen LogP contribution is -2.12. The molecule has 0 saturated carbocycles. The summed E-state index contributed by atoms with van der Waals surface area (Å²) in [6, 6.07) is 5.30. The lowest BCUT2D eigenvalue weighted by molar-refractivity contribution is 0.0877. The summed E-state index contributed by atoms with van der Waals surface area (Å²) in [7, 11) is 0. The molecule has 0 radical (unpaired) electrons. The van der Waals surface area contributed by atoms with E-state index in [1.165, 1.54) is 0 Å². The molecule has 0 amide bonds. The number of benzene rings is 1. The summed E-state index contributed by atoms with van der Waals surface area (Å²) >= 11 is 0. The van der Waals surface area contributed by atoms with Crippen LogP contribution >= 0.6 is 0 Å². The lowest BCUT2D eigenvalue weighted by atomic mass is 10.0. The minimum Gasteiger partial charge on any atom is -0.301 e. The van der Waals surface area contributed by atoms with Crippen LogP contribution in [0.4, 0.5) is 4.39 Å². The number of hydroxylamine groups is 1. The zero-order valence-electron chi connectivity index (χ0n) is 7.51. The van der Waals surface area contributed by atoms with Crippen LogP contribution in [0.25, 0.3) is 0 Å². The molecular weight excluding hydrogens is 169 g/mol. The van der Waals surface area contributed by atoms with Gasteiger partial charge in [-0.25, -0.2) is 4.39 Å². The minimum atomic E-state index is -0.150. The average Bonchev–Trinajstić information content (AvgIpc) is 2.56. The first-order valence-corrected chi connectivity index (χ1v) is 4.41. The quantitative estimate of drug-likeness (QED) is 0.716. The Morgan fingerprint density at radius 3 is 3.00 bits per heavy atom. The first-order chi connectivity index (χ1) is 6.27. The molecule has 0 aromatic heterocycles. The van der Waals surface area contributed by atoms with Gasteiger partial charge >= 0.3 is 0 Å². The van der Waals surface area contributed by atoms with Crippen molar-refractivity contribution in [2.75, 3.05) is 6.61 Å². The van der Waals surface area contributed by atoms with E-state index in [9.17, 15) is 4.39 Å². The number of aryl methyl sites for hydroxylation is 1. The number of hydrogen-bond acceptors (Lipinski definition) is 2. The minimum absolute atomic E-state index is 0.0144. The standard InChI is InChI=1S/C10H12FNO/c1-7-2-3-8(9(11)6-7)10-4-5-13-12-10/h2-3,6,10,12H,4-5H2,1H3. The van der Waals surface area contributed by atoms with Gasteiger partial charge in [-0.3, -0.25) is 0 Å². The van der Waals surface area contributed by atoms with Crippen molar-refractivity contribution >= 4 is 0 Å². The normalized spacial score (nSPS) is 22.2. The van der Waals surface area contributed by atoms with Crippen molar-refractivity contribution in [1.29, 1.82) is 0 Å². The highest BCUT2D eigenvalue weighted by Crippen LogP contribution is 2.23. The molecule has 13 heavy (non-hydrogen) atoms. The van der Waals surface area contributed by atoms with E-state index >= 15 is 0 Å². The Hall–Kier alpha value is -0.930. The molecule has 1 saturated heterocycles. The highest BCUT2D eigenvalue weighted by atomic mass is 19.1. The van der Waals surface area contributed by atoms with Crippen molar-refractivity contribution < 1.29 is 9.23 Å². The van der Waals surface area contributed by atoms with Crippen molar-refractivity contribution in [3.8, 4) is 0 Å². The van der Waals surface area contributed by atoms with Crippen molar-refractivity contribution in [3.05, 3.63) is 35.1 Å². The summed E-state index contributed by atoms with van der Waals surface area (Å²) in [6.07, 6.45) is 0.833. The molecule has 1 unspecified atom stereocenters. The van der Waals surface area contributed by atoms with Crippen molar-refractivity contribution in [1.82, 2.24) is 5.48 Å². The molecule has 0 aliphatic carbocycles. The third kappa shape index (κ3) is 1.71. The van der Waals surface area contributed by atoms with E-state index in [1.807, 2.05) is 19.1 Å². The van der Waals surface area contributed by atoms with Gasteiger partial charge < -0.3 is 4.84 Å². The van der Waals surface area contributed by atoms with E-state index in [4.69, 9.17) is 4.84 Å². The Morgan fingerprint density at radius 1 is 1.54 bits per heavy atom. The smallest absolute Gasteiger partial charge is 0.128 e. The van der Waals surface area contributed by atoms with E-state index in [0.29, 0.717) is 12.2 Å². The fraction of sp³-hybridized carbons (Fsp3) is 0.400. The van der Waals surface area contributed by atoms with E-state index in [-0.39, 0.29) is 11.9 Å². The van der Waals surface area contributed by atoms with Gasteiger partial charge in [-0.2, -0.15) is 5.48 Å². The Balaban J connectivity index is 2.29. The third-order valence-corrected chi connectivity index (χ3v) is 2.27. The van der Waals surface area contributed by atoms with Crippen molar-refractivity contribution in [2.45, 2.75) is 19.4 Å². The summed E-state index contributed by atoms with van der Waals surface area (Å²) in [5.74, 6) is -0.150. The second-order valence-electron chi connectivity index (χ2n) is 3.33. The summed E-state index contributed by atoms with van der Waals surface area (Å²) in [4.78, 5) is 4.98. The molecule has 2 rings (SSSR count). The fourth-order valence-corrected chi connectivity index (χ4v) is 1.53. The zero-order chi connectivity index (χ0) is 9.26. The largest absolute Gasteiger partial charge is 0.301 e. The molecule has 0 bridgehead atoms. The SMILES string of the molecule is Cc1ccc(C2CCON2)c(F)c1. The first-order valence-electron chi connectivity index (χ1n) is 4.41. The van der Waals surface area contributed by atoms with Gasteiger partial charge in [-0.15, -0.1) is 0 Å². The summed E-state index contributed by atoms with van der Waals surface area (Å²) in [5.41, 5.74) is 4.44. The number of hydrogen-bond donors (Lipinski definition) is 1. The Morgan fingerprint density at radius 2 is 2.38 bits per heavy atom. The van der Waals surface area contributed by atoms with E-state index in [1.54, 1.807) is 6.07 Å². The molecule has 1 aromatic carbocycles. The second-order valence-corrected chi connectivity index (χ2v) is 3.33. The number of rotatable bonds is 1. The Bertz CT molecular complexity index is 308. The molecule has 1 heterocycles. The van der Waals surface area contributed by atoms with Crippen molar-refractivity contribution in [2.24, 2.45) is 0 Å². The van der Waals surface area contributed by atoms with Crippen LogP contribution in [-0.2, 0) is 4.84 Å². The fourth-order valence-electron chi connectivity index (χ4n) is 1.53. The molecule has 70 valence electrons. The van der Waals surface area contributed by atoms with Crippen LogP contribution in [-0.4, -0.2) is 6.61 Å². The molecule has 1 atom stereocenters. The molecular formula is C10H12FNO. The topological polar surface area (TPSA) is 21.3 Å². The maximum Gasteiger partial charge on any atom is 0.128 e. The summed E-state index contributed by atoms with van der Waals surface area (Å²) in [6.45, 7) is 2.53. The molecule has 1 aliphatic rings. The van der Waals surface area contributed by atoms with Gasteiger partial charge in [0.25, 0.3) is 0 Å². The molecule has 1 fully saturated rings. The van der Waals surface area contributed by atoms with Crippen LogP contribution in [0.5, 0.6) is 0 Å². The average molecular weight is 181 g/mol. The van der Waals surface area contributed by atoms with Gasteiger partial charge in [0.05, 0.1) is 12.6 Å². The van der Waals surface area contributed by atoms with Crippen LogP contribution < -0.4 is 5.48 Å². The van der Waals surface area contributed by atoms with E-state index in [0.717, 1.165) is 12.0 Å². The Labute approximate surface area is 76.7 Å². The highest BCUT2D eigenvalue weighted by Gasteiger charge is 2.20. The summed E-state index contributed by atoms with van der Waals surface area (Å²) in [5, 5.41) is 0. The van der Waals surface area contributed by atoms with Crippen LogP contribution in [0.3, 0.4) is 0 Å². The van der Waals surface area contributed by atoms with Gasteiger partial charge in [0.15, 0.2) is 0 Å². The maximum atomic E-state index is 13.4. The molecule has 1 aliphatic heterocycles. The van der Waals surface area contributed by atoms with Gasteiger partial charge in [0, 0.05) is 5.56 Å². The van der Waals surface area contributed by atoms with E-state index < -0.39 is 0 Å². The monoisotopic (exact) mass is 181 g/mol. The predicted octanol–water partition coefficient (Wildman–Crippen LogP) is 2.10. The Kier molecular flexibility index (Phi) is 2.29. The number of halogens is 1. The van der Waals surface area contributed by atoms with Gasteiger partial charge in [-0.05, 0) is 25.0 Å². The first kappa shape index (κ1) is 8.66. The third-order valence-electron chi connectivity index (χ3n) is 2.27. The second kappa shape index (κ2) is 3.44. The lowest BCUT2D eigenvalue weighted by Gasteiger charge is -2.09. The molecule has 3 heteroatoms.